The Hall–Kier alpha value is -5.04. The van der Waals surface area contributed by atoms with E-state index in [1.807, 2.05) is 48.5 Å². The molecule has 6 heteroatoms. The fourth-order valence-corrected chi connectivity index (χ4v) is 9.15. The molecule has 0 bridgehead atoms. The second-order valence-electron chi connectivity index (χ2n) is 11.6. The molecule has 2 N–H and O–H groups in total. The van der Waals surface area contributed by atoms with Crippen molar-refractivity contribution >= 4 is 56.2 Å². The minimum absolute atomic E-state index is 0.207. The Kier molecular flexibility index (Phi) is 7.35. The lowest BCUT2D eigenvalue weighted by atomic mass is 9.81. The molecule has 0 saturated carbocycles. The van der Waals surface area contributed by atoms with Crippen LogP contribution in [-0.2, 0) is 0 Å². The van der Waals surface area contributed by atoms with E-state index in [1.54, 1.807) is 46.9 Å². The molecule has 0 fully saturated rings. The molecule has 0 atom stereocenters. The van der Waals surface area contributed by atoms with Crippen LogP contribution in [0, 0.1) is 27.7 Å². The first-order valence-electron chi connectivity index (χ1n) is 15.0. The van der Waals surface area contributed by atoms with E-state index in [2.05, 4.69) is 52.0 Å². The monoisotopic (exact) mass is 638 g/mol. The molecule has 0 saturated heterocycles. The van der Waals surface area contributed by atoms with Crippen molar-refractivity contribution < 1.29 is 19.8 Å². The topological polar surface area (TPSA) is 74.6 Å². The summed E-state index contributed by atoms with van der Waals surface area (Å²) in [6.45, 7) is 8.52. The number of carbonyl (C=O) groups is 2. The maximum atomic E-state index is 12.4. The van der Waals surface area contributed by atoms with Crippen LogP contribution >= 0.6 is 22.7 Å². The summed E-state index contributed by atoms with van der Waals surface area (Å²) < 4.78 is 0. The van der Waals surface area contributed by atoms with Gasteiger partial charge < -0.3 is 10.2 Å². The summed E-state index contributed by atoms with van der Waals surface area (Å²) in [6, 6.07) is 31.2. The number of carboxylic acids is 2. The quantitative estimate of drug-likeness (QED) is 0.178. The van der Waals surface area contributed by atoms with E-state index in [0.29, 0.717) is 0 Å². The van der Waals surface area contributed by atoms with E-state index >= 15 is 0 Å². The third-order valence-corrected chi connectivity index (χ3v) is 11.3. The lowest BCUT2D eigenvalue weighted by Crippen LogP contribution is -2.00. The fourth-order valence-electron chi connectivity index (χ4n) is 6.80. The number of rotatable bonds is 6. The van der Waals surface area contributed by atoms with Crippen molar-refractivity contribution in [2.24, 2.45) is 0 Å². The molecule has 0 aliphatic heterocycles. The van der Waals surface area contributed by atoms with Crippen LogP contribution in [0.2, 0.25) is 0 Å². The number of fused-ring (bicyclic) bond motifs is 3. The molecule has 0 radical (unpaired) electrons. The van der Waals surface area contributed by atoms with Crippen molar-refractivity contribution in [3.8, 4) is 43.1 Å². The van der Waals surface area contributed by atoms with Crippen molar-refractivity contribution in [1.82, 2.24) is 0 Å². The molecular formula is C40H30O4S2. The van der Waals surface area contributed by atoms with Crippen LogP contribution in [0.4, 0.5) is 0 Å². The second-order valence-corrected chi connectivity index (χ2v) is 14.0. The van der Waals surface area contributed by atoms with Crippen molar-refractivity contribution in [3.05, 3.63) is 129 Å². The van der Waals surface area contributed by atoms with E-state index < -0.39 is 11.9 Å². The predicted octanol–water partition coefficient (Wildman–Crippen LogP) is 11.4. The van der Waals surface area contributed by atoms with Crippen LogP contribution < -0.4 is 0 Å². The molecule has 0 amide bonds. The average molecular weight is 639 g/mol. The lowest BCUT2D eigenvalue weighted by molar-refractivity contribution is 0.0686. The highest BCUT2D eigenvalue weighted by Gasteiger charge is 2.28. The zero-order valence-corrected chi connectivity index (χ0v) is 27.4. The van der Waals surface area contributed by atoms with Gasteiger partial charge >= 0.3 is 11.9 Å². The third-order valence-electron chi connectivity index (χ3n) is 8.83. The van der Waals surface area contributed by atoms with Gasteiger partial charge in [-0.25, -0.2) is 9.59 Å². The molecule has 5 aromatic carbocycles. The molecule has 0 unspecified atom stereocenters. The number of carboxylic acid groups (broad SMARTS) is 2. The molecule has 7 rings (SSSR count). The van der Waals surface area contributed by atoms with Crippen molar-refractivity contribution in [2.45, 2.75) is 27.7 Å². The number of aryl methyl sites for hydroxylation is 2. The summed E-state index contributed by atoms with van der Waals surface area (Å²) in [6.07, 6.45) is 0. The molecule has 0 spiro atoms. The third kappa shape index (κ3) is 4.73. The van der Waals surface area contributed by atoms with Gasteiger partial charge in [-0.15, -0.1) is 22.7 Å². The molecule has 46 heavy (non-hydrogen) atoms. The van der Waals surface area contributed by atoms with Gasteiger partial charge in [0.1, 0.15) is 0 Å². The standard InChI is InChI=1S/C40H30O4S2/c1-21-33(23(3)45-37(21)25-11-7-5-8-12-25)35-31-19-27(39(41)42)15-17-29(31)30-18-16-28(40(43)44)20-32(30)36(35)34-22(2)38(46-24(34)4)26-13-9-6-10-14-26/h5-20H,1-4H3,(H,41,42)(H,43,44). The van der Waals surface area contributed by atoms with Crippen LogP contribution in [0.3, 0.4) is 0 Å². The van der Waals surface area contributed by atoms with Crippen LogP contribution in [0.1, 0.15) is 41.6 Å². The lowest BCUT2D eigenvalue weighted by Gasteiger charge is -2.21. The van der Waals surface area contributed by atoms with Gasteiger partial charge in [0.15, 0.2) is 0 Å². The van der Waals surface area contributed by atoms with E-state index in [-0.39, 0.29) is 11.1 Å². The molecule has 2 heterocycles. The molecule has 4 nitrogen and oxygen atoms in total. The number of aromatic carboxylic acids is 2. The van der Waals surface area contributed by atoms with Gasteiger partial charge in [0.05, 0.1) is 11.1 Å². The molecule has 7 aromatic rings. The van der Waals surface area contributed by atoms with Crippen LogP contribution in [0.15, 0.2) is 97.1 Å². The average Bonchev–Trinajstić information content (AvgIpc) is 3.53. The largest absolute Gasteiger partial charge is 0.478 e. The number of hydrogen-bond acceptors (Lipinski definition) is 4. The molecule has 2 aromatic heterocycles. The SMILES string of the molecule is Cc1sc(-c2ccccc2)c(C)c1-c1c(-c2c(C)sc(-c3ccccc3)c2C)c2cc(C(=O)O)ccc2c2ccc(C(=O)O)cc12. The highest BCUT2D eigenvalue weighted by molar-refractivity contribution is 7.16. The first kappa shape index (κ1) is 29.7. The Morgan fingerprint density at radius 3 is 1.20 bits per heavy atom. The number of benzene rings is 5. The fraction of sp³-hybridized carbons (Fsp3) is 0.100. The van der Waals surface area contributed by atoms with Crippen molar-refractivity contribution in [1.29, 1.82) is 0 Å². The number of hydrogen-bond donors (Lipinski definition) is 2. The Morgan fingerprint density at radius 2 is 0.848 bits per heavy atom. The predicted molar refractivity (Wildman–Crippen MR) is 192 cm³/mol. The van der Waals surface area contributed by atoms with E-state index in [9.17, 15) is 19.8 Å². The van der Waals surface area contributed by atoms with Crippen molar-refractivity contribution in [2.75, 3.05) is 0 Å². The van der Waals surface area contributed by atoms with Crippen LogP contribution in [-0.4, -0.2) is 22.2 Å². The molecule has 0 aliphatic rings. The van der Waals surface area contributed by atoms with Crippen LogP contribution in [0.25, 0.3) is 64.7 Å². The summed E-state index contributed by atoms with van der Waals surface area (Å²) in [5.41, 5.74) is 8.87. The highest BCUT2D eigenvalue weighted by atomic mass is 32.1. The zero-order chi connectivity index (χ0) is 32.3. The minimum Gasteiger partial charge on any atom is -0.478 e. The highest BCUT2D eigenvalue weighted by Crippen LogP contribution is 2.53. The van der Waals surface area contributed by atoms with Gasteiger partial charge in [0, 0.05) is 30.6 Å². The summed E-state index contributed by atoms with van der Waals surface area (Å²) in [4.78, 5) is 29.3. The summed E-state index contributed by atoms with van der Waals surface area (Å²) in [5, 5.41) is 23.7. The minimum atomic E-state index is -0.992. The first-order chi connectivity index (χ1) is 22.2. The normalized spacial score (nSPS) is 11.4. The van der Waals surface area contributed by atoms with Gasteiger partial charge in [-0.1, -0.05) is 72.8 Å². The van der Waals surface area contributed by atoms with E-state index in [0.717, 1.165) is 85.6 Å². The maximum absolute atomic E-state index is 12.4. The van der Waals surface area contributed by atoms with Crippen molar-refractivity contribution in [3.63, 3.8) is 0 Å². The second kappa shape index (κ2) is 11.4. The number of thiophene rings is 2. The van der Waals surface area contributed by atoms with E-state index in [4.69, 9.17) is 0 Å². The summed E-state index contributed by atoms with van der Waals surface area (Å²) in [5.74, 6) is -1.98. The Morgan fingerprint density at radius 1 is 0.478 bits per heavy atom. The van der Waals surface area contributed by atoms with E-state index in [1.165, 1.54) is 0 Å². The van der Waals surface area contributed by atoms with Gasteiger partial charge in [-0.3, -0.25) is 0 Å². The van der Waals surface area contributed by atoms with Gasteiger partial charge in [0.2, 0.25) is 0 Å². The Bertz CT molecular complexity index is 2180. The summed E-state index contributed by atoms with van der Waals surface area (Å²) >= 11 is 3.46. The molecular weight excluding hydrogens is 609 g/mol. The Labute approximate surface area is 274 Å². The maximum Gasteiger partial charge on any atom is 0.335 e. The van der Waals surface area contributed by atoms with Gasteiger partial charge in [0.25, 0.3) is 0 Å². The zero-order valence-electron chi connectivity index (χ0n) is 25.8. The molecule has 0 aliphatic carbocycles. The smallest absolute Gasteiger partial charge is 0.335 e. The van der Waals surface area contributed by atoms with Crippen LogP contribution in [0.5, 0.6) is 0 Å². The van der Waals surface area contributed by atoms with Gasteiger partial charge in [-0.05, 0) is 107 Å². The molecule has 226 valence electrons. The Balaban J connectivity index is 1.71. The van der Waals surface area contributed by atoms with Gasteiger partial charge in [-0.2, -0.15) is 0 Å². The summed E-state index contributed by atoms with van der Waals surface area (Å²) in [7, 11) is 0. The first-order valence-corrected chi connectivity index (χ1v) is 16.6.